The molecular formula is C19H21ClFN3O4S. The van der Waals surface area contributed by atoms with Gasteiger partial charge in [0.1, 0.15) is 29.8 Å². The summed E-state index contributed by atoms with van der Waals surface area (Å²) in [6.45, 7) is 3.54. The number of halogens is 2. The highest BCUT2D eigenvalue weighted by molar-refractivity contribution is 7.92. The number of ether oxygens (including phenoxy) is 1. The third-order valence-electron chi connectivity index (χ3n) is 4.53. The number of alkyl halides is 1. The van der Waals surface area contributed by atoms with Gasteiger partial charge in [-0.3, -0.25) is 9.52 Å². The predicted molar refractivity (Wildman–Crippen MR) is 110 cm³/mol. The molecule has 1 unspecified atom stereocenters. The van der Waals surface area contributed by atoms with Gasteiger partial charge in [0.2, 0.25) is 21.8 Å². The fourth-order valence-electron chi connectivity index (χ4n) is 3.03. The highest BCUT2D eigenvalue weighted by Gasteiger charge is 2.31. The van der Waals surface area contributed by atoms with Crippen LogP contribution in [0.15, 0.2) is 30.3 Å². The zero-order chi connectivity index (χ0) is 21.2. The fourth-order valence-corrected chi connectivity index (χ4v) is 3.77. The lowest BCUT2D eigenvalue weighted by molar-refractivity contribution is -0.117. The summed E-state index contributed by atoms with van der Waals surface area (Å²) in [5.41, 5.74) is 1.70. The molecule has 1 aliphatic heterocycles. The highest BCUT2D eigenvalue weighted by atomic mass is 35.5. The molecule has 1 atom stereocenters. The van der Waals surface area contributed by atoms with Crippen LogP contribution in [0.3, 0.4) is 0 Å². The number of fused-ring (bicyclic) bond motifs is 1. The van der Waals surface area contributed by atoms with Crippen LogP contribution in [0, 0.1) is 5.82 Å². The van der Waals surface area contributed by atoms with E-state index in [4.69, 9.17) is 16.3 Å². The van der Waals surface area contributed by atoms with Gasteiger partial charge in [0.05, 0.1) is 11.8 Å². The van der Waals surface area contributed by atoms with Crippen LogP contribution >= 0.6 is 11.6 Å². The average molecular weight is 442 g/mol. The Bertz CT molecular complexity index is 1010. The van der Waals surface area contributed by atoms with E-state index in [0.717, 1.165) is 5.56 Å². The molecule has 3 rings (SSSR count). The van der Waals surface area contributed by atoms with Gasteiger partial charge < -0.3 is 9.64 Å². The first kappa shape index (κ1) is 21.3. The number of rotatable bonds is 6. The lowest BCUT2D eigenvalue weighted by atomic mass is 10.0. The number of sulfonamides is 1. The lowest BCUT2D eigenvalue weighted by Gasteiger charge is -2.34. The summed E-state index contributed by atoms with van der Waals surface area (Å²) >= 11 is 5.76. The molecule has 1 aliphatic rings. The molecule has 1 aromatic carbocycles. The van der Waals surface area contributed by atoms with E-state index in [1.165, 1.54) is 24.0 Å². The standard InChI is InChI=1S/C19H21ClFN3O4S/c1-3-29(26,27)23-18-14(8-13-4-6-15(21)7-5-13)9-16-19(22-18)28-11-12(2)24(16)17(25)10-20/h4-7,9,12H,3,8,10-11H2,1-2H3,(H,22,23). The van der Waals surface area contributed by atoms with Gasteiger partial charge in [0.15, 0.2) is 0 Å². The second kappa shape index (κ2) is 8.54. The molecule has 2 heterocycles. The molecule has 1 N–H and O–H groups in total. The Hall–Kier alpha value is -2.39. The molecule has 1 amide bonds. The Balaban J connectivity index is 2.10. The van der Waals surface area contributed by atoms with Crippen molar-refractivity contribution in [1.82, 2.24) is 4.98 Å². The van der Waals surface area contributed by atoms with Crippen molar-refractivity contribution in [2.45, 2.75) is 26.3 Å². The van der Waals surface area contributed by atoms with Crippen LogP contribution in [-0.2, 0) is 21.2 Å². The molecular weight excluding hydrogens is 421 g/mol. The number of amides is 1. The van der Waals surface area contributed by atoms with Gasteiger partial charge in [-0.1, -0.05) is 12.1 Å². The summed E-state index contributed by atoms with van der Waals surface area (Å²) in [6, 6.07) is 7.27. The Morgan fingerprint density at radius 1 is 1.38 bits per heavy atom. The van der Waals surface area contributed by atoms with Crippen molar-refractivity contribution in [2.75, 3.05) is 27.9 Å². The average Bonchev–Trinajstić information content (AvgIpc) is 2.69. The molecule has 29 heavy (non-hydrogen) atoms. The van der Waals surface area contributed by atoms with Crippen molar-refractivity contribution in [1.29, 1.82) is 0 Å². The molecule has 1 aromatic heterocycles. The molecule has 0 spiro atoms. The van der Waals surface area contributed by atoms with Gasteiger partial charge in [0, 0.05) is 12.0 Å². The highest BCUT2D eigenvalue weighted by Crippen LogP contribution is 2.37. The van der Waals surface area contributed by atoms with Gasteiger partial charge in [-0.05, 0) is 37.6 Å². The summed E-state index contributed by atoms with van der Waals surface area (Å²) in [4.78, 5) is 18.2. The number of nitrogens with zero attached hydrogens (tertiary/aromatic N) is 2. The largest absolute Gasteiger partial charge is 0.474 e. The molecule has 156 valence electrons. The molecule has 2 aromatic rings. The maximum Gasteiger partial charge on any atom is 0.242 e. The minimum absolute atomic E-state index is 0.114. The smallest absolute Gasteiger partial charge is 0.242 e. The Morgan fingerprint density at radius 2 is 2.07 bits per heavy atom. The van der Waals surface area contributed by atoms with Crippen LogP contribution in [0.5, 0.6) is 5.88 Å². The number of hydrogen-bond donors (Lipinski definition) is 1. The normalized spacial score (nSPS) is 16.1. The first-order valence-corrected chi connectivity index (χ1v) is 11.2. The number of carbonyl (C=O) groups excluding carboxylic acids is 1. The van der Waals surface area contributed by atoms with Crippen LogP contribution < -0.4 is 14.4 Å². The van der Waals surface area contributed by atoms with E-state index < -0.39 is 10.0 Å². The molecule has 0 aliphatic carbocycles. The van der Waals surface area contributed by atoms with E-state index in [1.807, 2.05) is 6.92 Å². The maximum atomic E-state index is 13.2. The number of nitrogens with one attached hydrogen (secondary N) is 1. The summed E-state index contributed by atoms with van der Waals surface area (Å²) < 4.78 is 45.6. The van der Waals surface area contributed by atoms with E-state index >= 15 is 0 Å². The molecule has 0 bridgehead atoms. The summed E-state index contributed by atoms with van der Waals surface area (Å²) in [7, 11) is -3.60. The van der Waals surface area contributed by atoms with Crippen LogP contribution in [0.2, 0.25) is 0 Å². The zero-order valence-corrected chi connectivity index (χ0v) is 17.6. The van der Waals surface area contributed by atoms with Crippen molar-refractivity contribution in [3.8, 4) is 5.88 Å². The van der Waals surface area contributed by atoms with E-state index in [1.54, 1.807) is 18.2 Å². The fraction of sp³-hybridized carbons (Fsp3) is 0.368. The summed E-state index contributed by atoms with van der Waals surface area (Å²) in [6.07, 6.45) is 0.277. The predicted octanol–water partition coefficient (Wildman–Crippen LogP) is 2.93. The number of aromatic nitrogens is 1. The molecule has 0 saturated carbocycles. The van der Waals surface area contributed by atoms with Crippen molar-refractivity contribution < 1.29 is 22.3 Å². The molecule has 10 heteroatoms. The maximum absolute atomic E-state index is 13.2. The van der Waals surface area contributed by atoms with Crippen molar-refractivity contribution in [2.24, 2.45) is 0 Å². The monoisotopic (exact) mass is 441 g/mol. The third kappa shape index (κ3) is 4.79. The summed E-state index contributed by atoms with van der Waals surface area (Å²) in [5.74, 6) is -0.746. The first-order valence-electron chi connectivity index (χ1n) is 9.03. The van der Waals surface area contributed by atoms with Crippen molar-refractivity contribution in [3.63, 3.8) is 0 Å². The third-order valence-corrected chi connectivity index (χ3v) is 6.03. The minimum Gasteiger partial charge on any atom is -0.474 e. The number of pyridine rings is 1. The molecule has 7 nitrogen and oxygen atoms in total. The summed E-state index contributed by atoms with van der Waals surface area (Å²) in [5, 5.41) is 0. The Labute approximate surface area is 173 Å². The zero-order valence-electron chi connectivity index (χ0n) is 16.0. The van der Waals surface area contributed by atoms with Gasteiger partial charge in [0.25, 0.3) is 0 Å². The Morgan fingerprint density at radius 3 is 2.69 bits per heavy atom. The van der Waals surface area contributed by atoms with Crippen molar-refractivity contribution in [3.05, 3.63) is 47.3 Å². The van der Waals surface area contributed by atoms with E-state index in [-0.39, 0.29) is 54.1 Å². The number of carbonyl (C=O) groups is 1. The van der Waals surface area contributed by atoms with Gasteiger partial charge >= 0.3 is 0 Å². The van der Waals surface area contributed by atoms with Crippen LogP contribution in [0.4, 0.5) is 15.9 Å². The number of benzene rings is 1. The van der Waals surface area contributed by atoms with Gasteiger partial charge in [-0.15, -0.1) is 11.6 Å². The SMILES string of the molecule is CCS(=O)(=O)Nc1nc2c(cc1Cc1ccc(F)cc1)N(C(=O)CCl)C(C)CO2. The molecule has 0 fully saturated rings. The van der Waals surface area contributed by atoms with Crippen LogP contribution in [-0.4, -0.2) is 43.6 Å². The van der Waals surface area contributed by atoms with Crippen LogP contribution in [0.1, 0.15) is 25.0 Å². The lowest BCUT2D eigenvalue weighted by Crippen LogP contribution is -2.46. The van der Waals surface area contributed by atoms with Gasteiger partial charge in [-0.25, -0.2) is 12.8 Å². The van der Waals surface area contributed by atoms with Crippen molar-refractivity contribution >= 4 is 39.0 Å². The van der Waals surface area contributed by atoms with E-state index in [0.29, 0.717) is 11.3 Å². The quantitative estimate of drug-likeness (QED) is 0.696. The number of anilines is 2. The first-order chi connectivity index (χ1) is 13.7. The van der Waals surface area contributed by atoms with E-state index in [2.05, 4.69) is 9.71 Å². The number of hydrogen-bond acceptors (Lipinski definition) is 5. The Kier molecular flexibility index (Phi) is 6.28. The second-order valence-electron chi connectivity index (χ2n) is 6.69. The minimum atomic E-state index is -3.60. The second-order valence-corrected chi connectivity index (χ2v) is 8.96. The molecule has 0 saturated heterocycles. The van der Waals surface area contributed by atoms with Gasteiger partial charge in [-0.2, -0.15) is 4.98 Å². The topological polar surface area (TPSA) is 88.6 Å². The molecule has 0 radical (unpaired) electrons. The van der Waals surface area contributed by atoms with Crippen LogP contribution in [0.25, 0.3) is 0 Å². The van der Waals surface area contributed by atoms with E-state index in [9.17, 15) is 17.6 Å².